The van der Waals surface area contributed by atoms with Crippen molar-refractivity contribution in [3.05, 3.63) is 59.7 Å². The lowest BCUT2D eigenvalue weighted by atomic mass is 10.1. The monoisotopic (exact) mass is 486 g/mol. The third-order valence-corrected chi connectivity index (χ3v) is 8.35. The third-order valence-electron chi connectivity index (χ3n) is 6.43. The number of carbonyl (C=O) groups is 1. The van der Waals surface area contributed by atoms with E-state index in [1.807, 2.05) is 19.1 Å². The highest BCUT2D eigenvalue weighted by molar-refractivity contribution is 7.89. The van der Waals surface area contributed by atoms with Gasteiger partial charge in [0.05, 0.1) is 24.2 Å². The zero-order valence-electron chi connectivity index (χ0n) is 19.7. The quantitative estimate of drug-likeness (QED) is 0.566. The van der Waals surface area contributed by atoms with E-state index in [1.165, 1.54) is 15.4 Å². The van der Waals surface area contributed by atoms with E-state index in [2.05, 4.69) is 27.7 Å². The van der Waals surface area contributed by atoms with Crippen LogP contribution in [0, 0.1) is 0 Å². The summed E-state index contributed by atoms with van der Waals surface area (Å²) < 4.78 is 32.3. The molecule has 0 aliphatic carbocycles. The Morgan fingerprint density at radius 1 is 0.971 bits per heavy atom. The molecule has 2 aliphatic rings. The smallest absolute Gasteiger partial charge is 0.243 e. The lowest BCUT2D eigenvalue weighted by molar-refractivity contribution is -0.117. The first-order valence-corrected chi connectivity index (χ1v) is 13.4. The van der Waals surface area contributed by atoms with Gasteiger partial charge in [0, 0.05) is 45.0 Å². The molecule has 2 fully saturated rings. The molecule has 2 aliphatic heterocycles. The van der Waals surface area contributed by atoms with Gasteiger partial charge in [0.25, 0.3) is 0 Å². The summed E-state index contributed by atoms with van der Waals surface area (Å²) >= 11 is 0. The summed E-state index contributed by atoms with van der Waals surface area (Å²) in [5, 5.41) is 6.19. The van der Waals surface area contributed by atoms with E-state index in [9.17, 15) is 13.2 Å². The largest absolute Gasteiger partial charge is 0.379 e. The van der Waals surface area contributed by atoms with E-state index >= 15 is 0 Å². The molecule has 0 radical (unpaired) electrons. The maximum atomic E-state index is 12.7. The number of hydrogen-bond donors (Lipinski definition) is 2. The first kappa shape index (κ1) is 24.8. The van der Waals surface area contributed by atoms with Crippen LogP contribution in [0.25, 0.3) is 0 Å². The van der Waals surface area contributed by atoms with Crippen LogP contribution < -0.4 is 10.6 Å². The van der Waals surface area contributed by atoms with Gasteiger partial charge in [0.1, 0.15) is 0 Å². The molecule has 1 amide bonds. The van der Waals surface area contributed by atoms with Crippen LogP contribution in [-0.2, 0) is 32.6 Å². The highest BCUT2D eigenvalue weighted by Gasteiger charge is 2.27. The molecule has 0 unspecified atom stereocenters. The van der Waals surface area contributed by atoms with Gasteiger partial charge >= 0.3 is 0 Å². The van der Waals surface area contributed by atoms with Gasteiger partial charge in [-0.15, -0.1) is 0 Å². The Labute approximate surface area is 202 Å². The van der Waals surface area contributed by atoms with Crippen molar-refractivity contribution in [1.82, 2.24) is 14.5 Å². The highest BCUT2D eigenvalue weighted by Crippen LogP contribution is 2.22. The summed E-state index contributed by atoms with van der Waals surface area (Å²) in [7, 11) is -3.46. The van der Waals surface area contributed by atoms with Crippen LogP contribution in [0.5, 0.6) is 0 Å². The van der Waals surface area contributed by atoms with Crippen LogP contribution in [0.3, 0.4) is 0 Å². The third kappa shape index (κ3) is 6.22. The molecule has 4 rings (SSSR count). The van der Waals surface area contributed by atoms with E-state index < -0.39 is 16.1 Å². The van der Waals surface area contributed by atoms with Crippen molar-refractivity contribution >= 4 is 21.6 Å². The summed E-state index contributed by atoms with van der Waals surface area (Å²) in [6.07, 6.45) is 1.80. The van der Waals surface area contributed by atoms with E-state index in [0.29, 0.717) is 25.3 Å². The summed E-state index contributed by atoms with van der Waals surface area (Å²) in [5.74, 6) is -0.166. The topological polar surface area (TPSA) is 91.0 Å². The molecule has 184 valence electrons. The lowest BCUT2D eigenvalue weighted by Gasteiger charge is -2.27. The van der Waals surface area contributed by atoms with E-state index in [4.69, 9.17) is 4.74 Å². The molecule has 9 heteroatoms. The number of nitrogens with one attached hydrogen (secondary N) is 2. The van der Waals surface area contributed by atoms with Gasteiger partial charge in [-0.2, -0.15) is 4.31 Å². The van der Waals surface area contributed by atoms with Crippen molar-refractivity contribution in [1.29, 1.82) is 0 Å². The number of ether oxygens (including phenoxy) is 1. The average molecular weight is 487 g/mol. The molecule has 2 saturated heterocycles. The van der Waals surface area contributed by atoms with Crippen molar-refractivity contribution < 1.29 is 17.9 Å². The van der Waals surface area contributed by atoms with Crippen LogP contribution in [0.1, 0.15) is 30.9 Å². The fraction of sp³-hybridized carbons (Fsp3) is 0.480. The Balaban J connectivity index is 1.30. The van der Waals surface area contributed by atoms with Gasteiger partial charge in [-0.3, -0.25) is 9.69 Å². The van der Waals surface area contributed by atoms with Crippen LogP contribution in [0.15, 0.2) is 53.4 Å². The Hall–Kier alpha value is -2.30. The SMILES string of the molecule is C[C@H](NCc1ccccc1CN1CCOCC1)C(=O)Nc1ccc(S(=O)(=O)N2CCCC2)cc1. The van der Waals surface area contributed by atoms with E-state index in [-0.39, 0.29) is 10.8 Å². The molecule has 0 spiro atoms. The van der Waals surface area contributed by atoms with Crippen molar-refractivity contribution in [2.45, 2.75) is 43.8 Å². The number of anilines is 1. The zero-order valence-corrected chi connectivity index (χ0v) is 20.5. The molecule has 8 nitrogen and oxygen atoms in total. The molecule has 0 aromatic heterocycles. The minimum Gasteiger partial charge on any atom is -0.379 e. The Bertz CT molecular complexity index is 1060. The number of carbonyl (C=O) groups excluding carboxylic acids is 1. The molecular weight excluding hydrogens is 452 g/mol. The van der Waals surface area contributed by atoms with Crippen LogP contribution in [-0.4, -0.2) is 69.0 Å². The fourth-order valence-electron chi connectivity index (χ4n) is 4.28. The zero-order chi connectivity index (χ0) is 24.0. The normalized spacial score (nSPS) is 18.6. The molecule has 2 N–H and O–H groups in total. The Morgan fingerprint density at radius 3 is 2.29 bits per heavy atom. The molecule has 2 aromatic carbocycles. The molecule has 1 atom stereocenters. The second kappa shape index (κ2) is 11.4. The van der Waals surface area contributed by atoms with Gasteiger partial charge in [-0.1, -0.05) is 24.3 Å². The average Bonchev–Trinajstić information content (AvgIpc) is 3.40. The van der Waals surface area contributed by atoms with Crippen molar-refractivity contribution in [2.24, 2.45) is 0 Å². The number of hydrogen-bond acceptors (Lipinski definition) is 6. The fourth-order valence-corrected chi connectivity index (χ4v) is 5.80. The predicted molar refractivity (Wildman–Crippen MR) is 132 cm³/mol. The van der Waals surface area contributed by atoms with Gasteiger partial charge in [0.15, 0.2) is 0 Å². The summed E-state index contributed by atoms with van der Waals surface area (Å²) in [4.78, 5) is 15.3. The predicted octanol–water partition coefficient (Wildman–Crippen LogP) is 2.42. The maximum Gasteiger partial charge on any atom is 0.243 e. The summed E-state index contributed by atoms with van der Waals surface area (Å²) in [5.41, 5.74) is 3.00. The number of nitrogens with zero attached hydrogens (tertiary/aromatic N) is 2. The van der Waals surface area contributed by atoms with Crippen molar-refractivity contribution in [3.63, 3.8) is 0 Å². The van der Waals surface area contributed by atoms with E-state index in [0.717, 1.165) is 45.7 Å². The minimum absolute atomic E-state index is 0.166. The van der Waals surface area contributed by atoms with Crippen LogP contribution >= 0.6 is 0 Å². The first-order valence-electron chi connectivity index (χ1n) is 11.9. The van der Waals surface area contributed by atoms with Gasteiger partial charge in [-0.25, -0.2) is 8.42 Å². The molecular formula is C25H34N4O4S. The van der Waals surface area contributed by atoms with Gasteiger partial charge < -0.3 is 15.4 Å². The number of morpholine rings is 1. The second-order valence-corrected chi connectivity index (χ2v) is 10.8. The molecule has 0 bridgehead atoms. The van der Waals surface area contributed by atoms with Crippen molar-refractivity contribution in [3.8, 4) is 0 Å². The summed E-state index contributed by atoms with van der Waals surface area (Å²) in [6.45, 7) is 7.81. The second-order valence-electron chi connectivity index (χ2n) is 8.88. The number of sulfonamides is 1. The number of benzene rings is 2. The first-order chi connectivity index (χ1) is 16.4. The minimum atomic E-state index is -3.46. The van der Waals surface area contributed by atoms with E-state index in [1.54, 1.807) is 24.3 Å². The van der Waals surface area contributed by atoms with Crippen LogP contribution in [0.4, 0.5) is 5.69 Å². The maximum absolute atomic E-state index is 12.7. The van der Waals surface area contributed by atoms with Gasteiger partial charge in [-0.05, 0) is 55.2 Å². The van der Waals surface area contributed by atoms with Crippen molar-refractivity contribution in [2.75, 3.05) is 44.7 Å². The standard InChI is InChI=1S/C25H34N4O4S/c1-20(26-18-21-6-2-3-7-22(21)19-28-14-16-33-17-15-28)25(30)27-23-8-10-24(11-9-23)34(31,32)29-12-4-5-13-29/h2-3,6-11,20,26H,4-5,12-19H2,1H3,(H,27,30)/t20-/m0/s1. The molecule has 2 aromatic rings. The lowest BCUT2D eigenvalue weighted by Crippen LogP contribution is -2.38. The molecule has 2 heterocycles. The molecule has 34 heavy (non-hydrogen) atoms. The van der Waals surface area contributed by atoms with Gasteiger partial charge in [0.2, 0.25) is 15.9 Å². The summed E-state index contributed by atoms with van der Waals surface area (Å²) in [6, 6.07) is 14.3. The number of rotatable bonds is 9. The highest BCUT2D eigenvalue weighted by atomic mass is 32.2. The Kier molecular flexibility index (Phi) is 8.33. The molecule has 0 saturated carbocycles. The van der Waals surface area contributed by atoms with Crippen LogP contribution in [0.2, 0.25) is 0 Å². The number of amides is 1. The Morgan fingerprint density at radius 2 is 1.62 bits per heavy atom.